The summed E-state index contributed by atoms with van der Waals surface area (Å²) in [4.78, 5) is 2.41. The van der Waals surface area contributed by atoms with Gasteiger partial charge in [0.2, 0.25) is 0 Å². The van der Waals surface area contributed by atoms with Crippen LogP contribution in [0.15, 0.2) is 42.5 Å². The zero-order chi connectivity index (χ0) is 13.9. The number of hydrogen-bond acceptors (Lipinski definition) is 2. The number of halogens is 1. The van der Waals surface area contributed by atoms with Gasteiger partial charge >= 0.3 is 0 Å². The third-order valence-corrected chi connectivity index (χ3v) is 4.13. The molecule has 3 rings (SSSR count). The Morgan fingerprint density at radius 1 is 1.20 bits per heavy atom. The summed E-state index contributed by atoms with van der Waals surface area (Å²) >= 11 is 6.37. The van der Waals surface area contributed by atoms with Crippen LogP contribution in [0.1, 0.15) is 16.7 Å². The standard InChI is InChI=1S/C17H19ClN2/c1-13-6-7-15(16(18)10-13)12-20-9-8-19-11-14-4-2-3-5-17(14)20/h2-7,10,19H,8-9,11-12H2,1H3. The molecule has 0 saturated carbocycles. The normalized spacial score (nSPS) is 14.8. The number of fused-ring (bicyclic) bond motifs is 1. The molecule has 0 radical (unpaired) electrons. The van der Waals surface area contributed by atoms with Crippen molar-refractivity contribution in [2.75, 3.05) is 18.0 Å². The van der Waals surface area contributed by atoms with Crippen LogP contribution in [0.4, 0.5) is 5.69 Å². The lowest BCUT2D eigenvalue weighted by Gasteiger charge is -2.25. The number of benzene rings is 2. The molecule has 1 aliphatic rings. The maximum Gasteiger partial charge on any atom is 0.0458 e. The topological polar surface area (TPSA) is 15.3 Å². The summed E-state index contributed by atoms with van der Waals surface area (Å²) in [5, 5.41) is 4.33. The fraction of sp³-hybridized carbons (Fsp3) is 0.294. The number of nitrogens with zero attached hydrogens (tertiary/aromatic N) is 1. The van der Waals surface area contributed by atoms with Gasteiger partial charge in [0.25, 0.3) is 0 Å². The van der Waals surface area contributed by atoms with Gasteiger partial charge in [0.15, 0.2) is 0 Å². The lowest BCUT2D eigenvalue weighted by atomic mass is 10.1. The highest BCUT2D eigenvalue weighted by Gasteiger charge is 2.15. The molecular weight excluding hydrogens is 268 g/mol. The first-order valence-electron chi connectivity index (χ1n) is 7.02. The van der Waals surface area contributed by atoms with E-state index in [0.29, 0.717) is 0 Å². The predicted molar refractivity (Wildman–Crippen MR) is 85.4 cm³/mol. The maximum atomic E-state index is 6.37. The van der Waals surface area contributed by atoms with E-state index >= 15 is 0 Å². The predicted octanol–water partition coefficient (Wildman–Crippen LogP) is 3.76. The monoisotopic (exact) mass is 286 g/mol. The van der Waals surface area contributed by atoms with Gasteiger partial charge in [-0.2, -0.15) is 0 Å². The average molecular weight is 287 g/mol. The Morgan fingerprint density at radius 2 is 2.05 bits per heavy atom. The third kappa shape index (κ3) is 2.82. The van der Waals surface area contributed by atoms with Gasteiger partial charge < -0.3 is 10.2 Å². The summed E-state index contributed by atoms with van der Waals surface area (Å²) in [6.07, 6.45) is 0. The van der Waals surface area contributed by atoms with Gasteiger partial charge in [0, 0.05) is 36.9 Å². The zero-order valence-corrected chi connectivity index (χ0v) is 12.5. The molecule has 20 heavy (non-hydrogen) atoms. The molecule has 0 bridgehead atoms. The second-order valence-electron chi connectivity index (χ2n) is 5.32. The van der Waals surface area contributed by atoms with Crippen molar-refractivity contribution < 1.29 is 0 Å². The van der Waals surface area contributed by atoms with Gasteiger partial charge in [-0.15, -0.1) is 0 Å². The molecule has 0 saturated heterocycles. The van der Waals surface area contributed by atoms with Crippen molar-refractivity contribution in [2.24, 2.45) is 0 Å². The summed E-state index contributed by atoms with van der Waals surface area (Å²) in [5.74, 6) is 0. The van der Waals surface area contributed by atoms with Crippen molar-refractivity contribution in [3.05, 3.63) is 64.2 Å². The van der Waals surface area contributed by atoms with Crippen molar-refractivity contribution in [1.29, 1.82) is 0 Å². The van der Waals surface area contributed by atoms with Crippen molar-refractivity contribution in [1.82, 2.24) is 5.32 Å². The number of rotatable bonds is 2. The first-order chi connectivity index (χ1) is 9.74. The van der Waals surface area contributed by atoms with Crippen LogP contribution in [0.5, 0.6) is 0 Å². The smallest absolute Gasteiger partial charge is 0.0458 e. The van der Waals surface area contributed by atoms with E-state index < -0.39 is 0 Å². The second kappa shape index (κ2) is 5.86. The van der Waals surface area contributed by atoms with E-state index in [2.05, 4.69) is 53.5 Å². The number of aryl methyl sites for hydroxylation is 1. The summed E-state index contributed by atoms with van der Waals surface area (Å²) in [6.45, 7) is 5.87. The van der Waals surface area contributed by atoms with Crippen molar-refractivity contribution in [2.45, 2.75) is 20.0 Å². The van der Waals surface area contributed by atoms with Gasteiger partial charge in [-0.05, 0) is 35.7 Å². The Kier molecular flexibility index (Phi) is 3.95. The van der Waals surface area contributed by atoms with Crippen LogP contribution in [0.2, 0.25) is 5.02 Å². The Balaban J connectivity index is 1.90. The van der Waals surface area contributed by atoms with Crippen molar-refractivity contribution in [3.8, 4) is 0 Å². The van der Waals surface area contributed by atoms with Gasteiger partial charge in [-0.1, -0.05) is 41.9 Å². The molecular formula is C17H19ClN2. The second-order valence-corrected chi connectivity index (χ2v) is 5.73. The first kappa shape index (κ1) is 13.5. The highest BCUT2D eigenvalue weighted by molar-refractivity contribution is 6.31. The van der Waals surface area contributed by atoms with E-state index in [1.54, 1.807) is 0 Å². The van der Waals surface area contributed by atoms with Crippen molar-refractivity contribution >= 4 is 17.3 Å². The minimum absolute atomic E-state index is 0.859. The summed E-state index contributed by atoms with van der Waals surface area (Å²) in [5.41, 5.74) is 5.06. The number of hydrogen-bond donors (Lipinski definition) is 1. The molecule has 1 heterocycles. The van der Waals surface area contributed by atoms with Gasteiger partial charge in [-0.3, -0.25) is 0 Å². The Hall–Kier alpha value is -1.51. The van der Waals surface area contributed by atoms with Crippen LogP contribution in [-0.4, -0.2) is 13.1 Å². The van der Waals surface area contributed by atoms with Gasteiger partial charge in [0.05, 0.1) is 0 Å². The molecule has 0 amide bonds. The summed E-state index contributed by atoms with van der Waals surface area (Å²) in [7, 11) is 0. The Morgan fingerprint density at radius 3 is 2.90 bits per heavy atom. The van der Waals surface area contributed by atoms with Gasteiger partial charge in [-0.25, -0.2) is 0 Å². The fourth-order valence-corrected chi connectivity index (χ4v) is 2.97. The zero-order valence-electron chi connectivity index (χ0n) is 11.7. The first-order valence-corrected chi connectivity index (χ1v) is 7.40. The Labute approximate surface area is 125 Å². The Bertz CT molecular complexity index is 610. The van der Waals surface area contributed by atoms with Crippen LogP contribution in [0.3, 0.4) is 0 Å². The van der Waals surface area contributed by atoms with E-state index in [-0.39, 0.29) is 0 Å². The van der Waals surface area contributed by atoms with E-state index in [4.69, 9.17) is 11.6 Å². The number of para-hydroxylation sites is 1. The molecule has 1 N–H and O–H groups in total. The number of anilines is 1. The molecule has 3 heteroatoms. The number of nitrogens with one attached hydrogen (secondary N) is 1. The molecule has 0 spiro atoms. The molecule has 2 aromatic carbocycles. The summed E-state index contributed by atoms with van der Waals surface area (Å²) < 4.78 is 0. The molecule has 2 aromatic rings. The van der Waals surface area contributed by atoms with E-state index in [0.717, 1.165) is 31.2 Å². The molecule has 1 aliphatic heterocycles. The van der Waals surface area contributed by atoms with Gasteiger partial charge in [0.1, 0.15) is 0 Å². The van der Waals surface area contributed by atoms with Crippen LogP contribution >= 0.6 is 11.6 Å². The van der Waals surface area contributed by atoms with Crippen molar-refractivity contribution in [3.63, 3.8) is 0 Å². The molecule has 2 nitrogen and oxygen atoms in total. The van der Waals surface area contributed by atoms with Crippen LogP contribution in [0, 0.1) is 6.92 Å². The molecule has 0 fully saturated rings. The van der Waals surface area contributed by atoms with Crippen LogP contribution < -0.4 is 10.2 Å². The van der Waals surface area contributed by atoms with Crippen LogP contribution in [0.25, 0.3) is 0 Å². The lowest BCUT2D eigenvalue weighted by molar-refractivity contribution is 0.688. The maximum absolute atomic E-state index is 6.37. The largest absolute Gasteiger partial charge is 0.366 e. The third-order valence-electron chi connectivity index (χ3n) is 3.78. The molecule has 0 aliphatic carbocycles. The highest BCUT2D eigenvalue weighted by Crippen LogP contribution is 2.26. The van der Waals surface area contributed by atoms with Crippen LogP contribution in [-0.2, 0) is 13.1 Å². The summed E-state index contributed by atoms with van der Waals surface area (Å²) in [6, 6.07) is 14.9. The average Bonchev–Trinajstić information content (AvgIpc) is 2.65. The fourth-order valence-electron chi connectivity index (χ4n) is 2.68. The quantitative estimate of drug-likeness (QED) is 0.904. The molecule has 0 unspecified atom stereocenters. The lowest BCUT2D eigenvalue weighted by Crippen LogP contribution is -2.28. The SMILES string of the molecule is Cc1ccc(CN2CCNCc3ccccc32)c(Cl)c1. The molecule has 0 atom stereocenters. The van der Waals surface area contributed by atoms with E-state index in [9.17, 15) is 0 Å². The molecule has 0 aromatic heterocycles. The van der Waals surface area contributed by atoms with E-state index in [1.165, 1.54) is 22.4 Å². The highest BCUT2D eigenvalue weighted by atomic mass is 35.5. The molecule has 104 valence electrons. The minimum atomic E-state index is 0.859. The minimum Gasteiger partial charge on any atom is -0.366 e. The van der Waals surface area contributed by atoms with E-state index in [1.807, 2.05) is 6.07 Å².